The van der Waals surface area contributed by atoms with Gasteiger partial charge in [0.15, 0.2) is 0 Å². The molecule has 5 heteroatoms. The van der Waals surface area contributed by atoms with Crippen LogP contribution in [0, 0.1) is 5.92 Å². The van der Waals surface area contributed by atoms with Gasteiger partial charge in [0, 0.05) is 42.7 Å². The van der Waals surface area contributed by atoms with E-state index in [4.69, 9.17) is 0 Å². The smallest absolute Gasteiger partial charge is 0.242 e. The third kappa shape index (κ3) is 6.82. The normalized spacial score (nSPS) is 13.9. The topological polar surface area (TPSA) is 56.4 Å². The first-order chi connectivity index (χ1) is 17.8. The van der Waals surface area contributed by atoms with E-state index in [0.717, 1.165) is 49.6 Å². The second-order valence-corrected chi connectivity index (χ2v) is 11.6. The van der Waals surface area contributed by atoms with Gasteiger partial charge in [0.2, 0.25) is 11.8 Å². The van der Waals surface area contributed by atoms with Gasteiger partial charge in [0.1, 0.15) is 0 Å². The van der Waals surface area contributed by atoms with Gasteiger partial charge in [-0.2, -0.15) is 0 Å². The molecule has 0 radical (unpaired) electrons. The van der Waals surface area contributed by atoms with E-state index >= 15 is 0 Å². The van der Waals surface area contributed by atoms with Crippen molar-refractivity contribution >= 4 is 22.7 Å². The molecule has 1 aliphatic rings. The largest absolute Gasteiger partial charge is 0.361 e. The summed E-state index contributed by atoms with van der Waals surface area (Å²) in [5, 5.41) is 1.20. The molecule has 198 valence electrons. The highest BCUT2D eigenvalue weighted by Gasteiger charge is 2.31. The number of H-pyrrole nitrogens is 1. The number of aromatic nitrogens is 1. The maximum Gasteiger partial charge on any atom is 0.242 e. The monoisotopic (exact) mass is 501 g/mol. The fourth-order valence-corrected chi connectivity index (χ4v) is 5.01. The van der Waals surface area contributed by atoms with Gasteiger partial charge in [-0.1, -0.05) is 83.0 Å². The Kier molecular flexibility index (Phi) is 8.73. The predicted octanol–water partition coefficient (Wildman–Crippen LogP) is 6.47. The van der Waals surface area contributed by atoms with Crippen LogP contribution in [0.1, 0.15) is 76.5 Å². The van der Waals surface area contributed by atoms with Crippen LogP contribution in [0.5, 0.6) is 0 Å². The van der Waals surface area contributed by atoms with Crippen LogP contribution in [0.4, 0.5) is 0 Å². The molecule has 1 fully saturated rings. The summed E-state index contributed by atoms with van der Waals surface area (Å²) >= 11 is 0. The standard InChI is InChI=1S/C32H43N3O2/c1-5-6-19-35(31(37)25-10-9-11-25)23-30(36)34(22-24-14-16-27(17-15-24)32(2,3)4)20-18-26-21-33-29-13-8-7-12-28(26)29/h7-8,12-17,21,25,33H,5-6,9-11,18-20,22-23H2,1-4H3. The number of nitrogens with one attached hydrogen (secondary N) is 1. The minimum absolute atomic E-state index is 0.0310. The minimum Gasteiger partial charge on any atom is -0.361 e. The summed E-state index contributed by atoms with van der Waals surface area (Å²) in [6.45, 7) is 10.8. The van der Waals surface area contributed by atoms with E-state index in [1.54, 1.807) is 0 Å². The van der Waals surface area contributed by atoms with Crippen LogP contribution in [0.25, 0.3) is 10.9 Å². The number of fused-ring (bicyclic) bond motifs is 1. The molecule has 1 aromatic heterocycles. The van der Waals surface area contributed by atoms with Crippen LogP contribution < -0.4 is 0 Å². The Bertz CT molecular complexity index is 1180. The molecule has 1 aliphatic carbocycles. The number of para-hydroxylation sites is 1. The summed E-state index contributed by atoms with van der Waals surface area (Å²) < 4.78 is 0. The molecule has 0 spiro atoms. The molecule has 3 aromatic rings. The van der Waals surface area contributed by atoms with Crippen LogP contribution in [0.15, 0.2) is 54.7 Å². The van der Waals surface area contributed by atoms with Gasteiger partial charge in [-0.05, 0) is 53.9 Å². The molecule has 0 unspecified atom stereocenters. The zero-order chi connectivity index (χ0) is 26.4. The molecule has 0 bridgehead atoms. The number of rotatable bonds is 11. The quantitative estimate of drug-likeness (QED) is 0.328. The number of aromatic amines is 1. The van der Waals surface area contributed by atoms with Crippen molar-refractivity contribution in [2.75, 3.05) is 19.6 Å². The molecule has 0 atom stereocenters. The van der Waals surface area contributed by atoms with Crippen molar-refractivity contribution < 1.29 is 9.59 Å². The minimum atomic E-state index is 0.0310. The van der Waals surface area contributed by atoms with Crippen LogP contribution in [0.2, 0.25) is 0 Å². The molecule has 2 amide bonds. The first kappa shape index (κ1) is 27.0. The lowest BCUT2D eigenvalue weighted by Gasteiger charge is -2.33. The average Bonchev–Trinajstić information content (AvgIpc) is 3.26. The number of unbranched alkanes of at least 4 members (excludes halogenated alkanes) is 1. The first-order valence-electron chi connectivity index (χ1n) is 14.0. The summed E-state index contributed by atoms with van der Waals surface area (Å²) in [4.78, 5) is 34.0. The molecule has 1 heterocycles. The lowest BCUT2D eigenvalue weighted by molar-refractivity contribution is -0.145. The van der Waals surface area contributed by atoms with Gasteiger partial charge in [-0.25, -0.2) is 0 Å². The van der Waals surface area contributed by atoms with Crippen LogP contribution >= 0.6 is 0 Å². The highest BCUT2D eigenvalue weighted by atomic mass is 16.2. The van der Waals surface area contributed by atoms with Crippen molar-refractivity contribution in [1.82, 2.24) is 14.8 Å². The van der Waals surface area contributed by atoms with E-state index in [1.165, 1.54) is 16.5 Å². The van der Waals surface area contributed by atoms with Gasteiger partial charge in [-0.15, -0.1) is 0 Å². The predicted molar refractivity (Wildman–Crippen MR) is 151 cm³/mol. The van der Waals surface area contributed by atoms with E-state index < -0.39 is 0 Å². The summed E-state index contributed by atoms with van der Waals surface area (Å²) in [6.07, 6.45) is 7.79. The molecule has 2 aromatic carbocycles. The highest BCUT2D eigenvalue weighted by molar-refractivity contribution is 5.86. The number of hydrogen-bond acceptors (Lipinski definition) is 2. The summed E-state index contributed by atoms with van der Waals surface area (Å²) in [7, 11) is 0. The lowest BCUT2D eigenvalue weighted by atomic mass is 9.84. The van der Waals surface area contributed by atoms with Gasteiger partial charge < -0.3 is 14.8 Å². The third-order valence-corrected chi connectivity index (χ3v) is 7.75. The van der Waals surface area contributed by atoms with Gasteiger partial charge in [-0.3, -0.25) is 9.59 Å². The molecule has 1 N–H and O–H groups in total. The molecule has 5 nitrogen and oxygen atoms in total. The van der Waals surface area contributed by atoms with Crippen LogP contribution in [0.3, 0.4) is 0 Å². The van der Waals surface area contributed by atoms with Crippen molar-refractivity contribution in [2.24, 2.45) is 5.92 Å². The SMILES string of the molecule is CCCCN(CC(=O)N(CCc1c[nH]c2ccccc12)Cc1ccc(C(C)(C)C)cc1)C(=O)C1CCC1. The summed E-state index contributed by atoms with van der Waals surface area (Å²) in [5.41, 5.74) is 4.82. The van der Waals surface area contributed by atoms with Crippen molar-refractivity contribution in [3.8, 4) is 0 Å². The Labute approximate surface area is 222 Å². The number of nitrogens with zero attached hydrogens (tertiary/aromatic N) is 2. The van der Waals surface area contributed by atoms with Gasteiger partial charge >= 0.3 is 0 Å². The van der Waals surface area contributed by atoms with E-state index in [2.05, 4.69) is 81.3 Å². The van der Waals surface area contributed by atoms with E-state index in [-0.39, 0.29) is 29.7 Å². The molecule has 0 saturated heterocycles. The molecule has 37 heavy (non-hydrogen) atoms. The van der Waals surface area contributed by atoms with Crippen molar-refractivity contribution in [3.63, 3.8) is 0 Å². The zero-order valence-corrected chi connectivity index (χ0v) is 23.1. The Balaban J connectivity index is 1.51. The number of hydrogen-bond donors (Lipinski definition) is 1. The van der Waals surface area contributed by atoms with Crippen LogP contribution in [-0.4, -0.2) is 46.2 Å². The van der Waals surface area contributed by atoms with Crippen molar-refractivity contribution in [2.45, 2.75) is 78.2 Å². The molecular formula is C32H43N3O2. The lowest BCUT2D eigenvalue weighted by Crippen LogP contribution is -2.46. The Morgan fingerprint density at radius 1 is 0.973 bits per heavy atom. The number of amides is 2. The van der Waals surface area contributed by atoms with Crippen molar-refractivity contribution in [3.05, 3.63) is 71.4 Å². The van der Waals surface area contributed by atoms with E-state index in [0.29, 0.717) is 19.6 Å². The Morgan fingerprint density at radius 3 is 2.35 bits per heavy atom. The Hall–Kier alpha value is -3.08. The highest BCUT2D eigenvalue weighted by Crippen LogP contribution is 2.28. The van der Waals surface area contributed by atoms with Crippen LogP contribution in [-0.2, 0) is 28.0 Å². The molecule has 1 saturated carbocycles. The number of carbonyl (C=O) groups is 2. The fourth-order valence-electron chi connectivity index (χ4n) is 5.01. The van der Waals surface area contributed by atoms with E-state index in [1.807, 2.05) is 15.9 Å². The van der Waals surface area contributed by atoms with Gasteiger partial charge in [0.25, 0.3) is 0 Å². The van der Waals surface area contributed by atoms with Crippen molar-refractivity contribution in [1.29, 1.82) is 0 Å². The summed E-state index contributed by atoms with van der Waals surface area (Å²) in [5.74, 6) is 0.303. The van der Waals surface area contributed by atoms with Gasteiger partial charge in [0.05, 0.1) is 6.54 Å². The number of carbonyl (C=O) groups excluding carboxylic acids is 2. The summed E-state index contributed by atoms with van der Waals surface area (Å²) in [6, 6.07) is 16.9. The second kappa shape index (κ2) is 12.0. The second-order valence-electron chi connectivity index (χ2n) is 11.6. The molecule has 4 rings (SSSR count). The molecule has 0 aliphatic heterocycles. The Morgan fingerprint density at radius 2 is 1.70 bits per heavy atom. The number of benzene rings is 2. The van der Waals surface area contributed by atoms with E-state index in [9.17, 15) is 9.59 Å². The third-order valence-electron chi connectivity index (χ3n) is 7.75. The maximum absolute atomic E-state index is 13.7. The first-order valence-corrected chi connectivity index (χ1v) is 14.0. The zero-order valence-electron chi connectivity index (χ0n) is 23.1. The molecular weight excluding hydrogens is 458 g/mol. The fraction of sp³-hybridized carbons (Fsp3) is 0.500. The average molecular weight is 502 g/mol. The maximum atomic E-state index is 13.7.